The fourth-order valence-corrected chi connectivity index (χ4v) is 4.79. The zero-order valence-corrected chi connectivity index (χ0v) is 17.7. The van der Waals surface area contributed by atoms with Gasteiger partial charge in [0, 0.05) is 10.8 Å². The molecule has 0 atom stereocenters. The van der Waals surface area contributed by atoms with E-state index in [-0.39, 0.29) is 16.6 Å². The molecule has 1 fully saturated rings. The summed E-state index contributed by atoms with van der Waals surface area (Å²) in [5.41, 5.74) is 6.57. The third-order valence-corrected chi connectivity index (χ3v) is 7.14. The number of fused-ring (bicyclic) bond motifs is 2. The molecule has 0 unspecified atom stereocenters. The van der Waals surface area contributed by atoms with Gasteiger partial charge in [-0.1, -0.05) is 38.1 Å². The lowest BCUT2D eigenvalue weighted by atomic mass is 9.65. The van der Waals surface area contributed by atoms with Crippen LogP contribution in [0.2, 0.25) is 0 Å². The summed E-state index contributed by atoms with van der Waals surface area (Å²) in [4.78, 5) is 5.00. The second-order valence-corrected chi connectivity index (χ2v) is 9.82. The Kier molecular flexibility index (Phi) is 3.62. The number of aromatic nitrogens is 1. The van der Waals surface area contributed by atoms with Gasteiger partial charge >= 0.3 is 7.12 Å². The molecule has 1 aliphatic heterocycles. The first-order chi connectivity index (χ1) is 13.1. The lowest BCUT2D eigenvalue weighted by Gasteiger charge is -2.38. The van der Waals surface area contributed by atoms with E-state index in [1.165, 1.54) is 27.7 Å². The van der Waals surface area contributed by atoms with Crippen LogP contribution in [0.1, 0.15) is 65.5 Å². The first-order valence-corrected chi connectivity index (χ1v) is 10.3. The van der Waals surface area contributed by atoms with E-state index in [1.807, 2.05) is 0 Å². The zero-order chi connectivity index (χ0) is 19.9. The number of pyridine rings is 1. The average Bonchev–Trinajstić information content (AvgIpc) is 2.87. The van der Waals surface area contributed by atoms with Crippen molar-refractivity contribution < 1.29 is 9.31 Å². The molecule has 0 bridgehead atoms. The number of allylic oxidation sites excluding steroid dienone is 4. The quantitative estimate of drug-likeness (QED) is 0.665. The molecule has 28 heavy (non-hydrogen) atoms. The van der Waals surface area contributed by atoms with E-state index in [0.717, 1.165) is 24.0 Å². The van der Waals surface area contributed by atoms with Crippen LogP contribution in [0, 0.1) is 0 Å². The topological polar surface area (TPSA) is 31.4 Å². The fraction of sp³-hybridized carbons (Fsp3) is 0.458. The predicted octanol–water partition coefficient (Wildman–Crippen LogP) is 4.93. The Morgan fingerprint density at radius 2 is 1.61 bits per heavy atom. The molecule has 2 heterocycles. The molecule has 0 amide bonds. The van der Waals surface area contributed by atoms with Crippen LogP contribution in [0.25, 0.3) is 16.5 Å². The molecule has 0 N–H and O–H groups in total. The Bertz CT molecular complexity index is 1050. The molecular formula is C24H28BNO2. The van der Waals surface area contributed by atoms with Gasteiger partial charge in [-0.2, -0.15) is 0 Å². The van der Waals surface area contributed by atoms with Gasteiger partial charge in [0.05, 0.1) is 22.3 Å². The van der Waals surface area contributed by atoms with Crippen LogP contribution in [-0.2, 0) is 14.7 Å². The van der Waals surface area contributed by atoms with Gasteiger partial charge in [0.2, 0.25) is 0 Å². The van der Waals surface area contributed by atoms with Crippen molar-refractivity contribution in [2.24, 2.45) is 0 Å². The van der Waals surface area contributed by atoms with Gasteiger partial charge < -0.3 is 9.31 Å². The maximum absolute atomic E-state index is 6.30. The van der Waals surface area contributed by atoms with Crippen molar-refractivity contribution in [3.8, 4) is 0 Å². The molecule has 3 aliphatic rings. The molecule has 144 valence electrons. The Labute approximate surface area is 168 Å². The van der Waals surface area contributed by atoms with E-state index >= 15 is 0 Å². The van der Waals surface area contributed by atoms with Crippen LogP contribution in [0.3, 0.4) is 0 Å². The van der Waals surface area contributed by atoms with Gasteiger partial charge in [0.15, 0.2) is 0 Å². The lowest BCUT2D eigenvalue weighted by Crippen LogP contribution is -2.41. The summed E-state index contributed by atoms with van der Waals surface area (Å²) in [6.07, 6.45) is 7.03. The maximum atomic E-state index is 6.30. The monoisotopic (exact) mass is 373 g/mol. The van der Waals surface area contributed by atoms with Crippen molar-refractivity contribution in [1.82, 2.24) is 4.98 Å². The molecule has 2 aliphatic carbocycles. The molecular weight excluding hydrogens is 345 g/mol. The minimum atomic E-state index is -0.444. The van der Waals surface area contributed by atoms with Gasteiger partial charge in [0.1, 0.15) is 0 Å². The van der Waals surface area contributed by atoms with Crippen molar-refractivity contribution in [3.63, 3.8) is 0 Å². The number of nitrogens with zero attached hydrogens (tertiary/aromatic N) is 1. The second kappa shape index (κ2) is 5.58. The number of rotatable bonds is 1. The Morgan fingerprint density at radius 3 is 2.32 bits per heavy atom. The number of hydrogen-bond donors (Lipinski definition) is 0. The highest BCUT2D eigenvalue weighted by Crippen LogP contribution is 2.50. The van der Waals surface area contributed by atoms with E-state index in [4.69, 9.17) is 14.3 Å². The zero-order valence-electron chi connectivity index (χ0n) is 17.7. The molecule has 0 radical (unpaired) electrons. The van der Waals surface area contributed by atoms with Crippen LogP contribution >= 0.6 is 0 Å². The summed E-state index contributed by atoms with van der Waals surface area (Å²) in [5, 5.41) is 1.28. The van der Waals surface area contributed by atoms with Crippen molar-refractivity contribution in [2.75, 3.05) is 0 Å². The van der Waals surface area contributed by atoms with Crippen LogP contribution in [0.5, 0.6) is 0 Å². The molecule has 1 aromatic carbocycles. The van der Waals surface area contributed by atoms with Crippen LogP contribution in [0.15, 0.2) is 42.0 Å². The summed E-state index contributed by atoms with van der Waals surface area (Å²) < 4.78 is 12.6. The highest BCUT2D eigenvalue weighted by molar-refractivity contribution is 6.61. The number of benzene rings is 1. The van der Waals surface area contributed by atoms with Gasteiger partial charge in [0.25, 0.3) is 0 Å². The van der Waals surface area contributed by atoms with E-state index in [2.05, 4.69) is 78.0 Å². The Hall–Kier alpha value is -1.91. The highest BCUT2D eigenvalue weighted by Gasteiger charge is 2.52. The van der Waals surface area contributed by atoms with Gasteiger partial charge in [-0.05, 0) is 74.9 Å². The molecule has 5 rings (SSSR count). The lowest BCUT2D eigenvalue weighted by molar-refractivity contribution is 0.00578. The molecule has 4 heteroatoms. The first-order valence-electron chi connectivity index (χ1n) is 10.3. The van der Waals surface area contributed by atoms with Crippen LogP contribution in [0.4, 0.5) is 0 Å². The second-order valence-electron chi connectivity index (χ2n) is 9.82. The standard InChI is InChI=1S/C24H28BNO2/c1-22(2)17-11-8-7-10-15(17)16-14-20(25-27-23(3,4)24(5,6)28-25)26-19-13-9-12-18(22)21(16)19/h9-14H,7-8H2,1-6H3. The van der Waals surface area contributed by atoms with Crippen molar-refractivity contribution >= 4 is 29.2 Å². The smallest absolute Gasteiger partial charge is 0.398 e. The Balaban J connectivity index is 1.75. The minimum absolute atomic E-state index is 0.00764. The SMILES string of the molecule is CC1(C)C2=CCCC=C2c2cc(B3OC(C)(C)C(C)(C)O3)nc3cccc1c23. The first kappa shape index (κ1) is 18.1. The van der Waals surface area contributed by atoms with E-state index in [9.17, 15) is 0 Å². The van der Waals surface area contributed by atoms with Gasteiger partial charge in [-0.3, -0.25) is 4.98 Å². The summed E-state index contributed by atoms with van der Waals surface area (Å²) in [7, 11) is -0.444. The normalized spacial score (nSPS) is 24.0. The molecule has 1 aromatic heterocycles. The highest BCUT2D eigenvalue weighted by atomic mass is 16.7. The summed E-state index contributed by atoms with van der Waals surface area (Å²) >= 11 is 0. The summed E-state index contributed by atoms with van der Waals surface area (Å²) in [6, 6.07) is 8.70. The maximum Gasteiger partial charge on any atom is 0.514 e. The summed E-state index contributed by atoms with van der Waals surface area (Å²) in [5.74, 6) is 0. The Morgan fingerprint density at radius 1 is 0.929 bits per heavy atom. The predicted molar refractivity (Wildman–Crippen MR) is 116 cm³/mol. The average molecular weight is 373 g/mol. The largest absolute Gasteiger partial charge is 0.514 e. The van der Waals surface area contributed by atoms with Crippen molar-refractivity contribution in [3.05, 3.63) is 53.1 Å². The van der Waals surface area contributed by atoms with Crippen LogP contribution < -0.4 is 5.59 Å². The molecule has 3 nitrogen and oxygen atoms in total. The minimum Gasteiger partial charge on any atom is -0.398 e. The molecule has 2 aromatic rings. The van der Waals surface area contributed by atoms with Crippen molar-refractivity contribution in [1.29, 1.82) is 0 Å². The molecule has 1 saturated heterocycles. The number of hydrogen-bond acceptors (Lipinski definition) is 3. The van der Waals surface area contributed by atoms with E-state index < -0.39 is 7.12 Å². The summed E-state index contributed by atoms with van der Waals surface area (Å²) in [6.45, 7) is 13.0. The van der Waals surface area contributed by atoms with Crippen molar-refractivity contribution in [2.45, 2.75) is 71.0 Å². The molecule has 0 saturated carbocycles. The van der Waals surface area contributed by atoms with Gasteiger partial charge in [-0.25, -0.2) is 0 Å². The van der Waals surface area contributed by atoms with E-state index in [0.29, 0.717) is 0 Å². The fourth-order valence-electron chi connectivity index (χ4n) is 4.79. The van der Waals surface area contributed by atoms with Gasteiger partial charge in [-0.15, -0.1) is 0 Å². The molecule has 0 spiro atoms. The third kappa shape index (κ3) is 2.34. The third-order valence-electron chi connectivity index (χ3n) is 7.14. The van der Waals surface area contributed by atoms with E-state index in [1.54, 1.807) is 0 Å². The van der Waals surface area contributed by atoms with Crippen LogP contribution in [-0.4, -0.2) is 23.3 Å².